The number of hydrogen-bond acceptors (Lipinski definition) is 4. The molecule has 2 aromatic rings. The lowest BCUT2D eigenvalue weighted by Crippen LogP contribution is -2.37. The Morgan fingerprint density at radius 1 is 1.24 bits per heavy atom. The lowest BCUT2D eigenvalue weighted by molar-refractivity contribution is 0.240. The summed E-state index contributed by atoms with van der Waals surface area (Å²) in [6.45, 7) is 11.1. The van der Waals surface area contributed by atoms with Gasteiger partial charge in [-0.3, -0.25) is 4.68 Å². The molecule has 7 nitrogen and oxygen atoms in total. The molecule has 2 heterocycles. The van der Waals surface area contributed by atoms with E-state index in [0.29, 0.717) is 13.1 Å². The highest BCUT2D eigenvalue weighted by atomic mass is 16.5. The zero-order valence-electron chi connectivity index (χ0n) is 16.1. The summed E-state index contributed by atoms with van der Waals surface area (Å²) in [5, 5.41) is 14.4. The maximum Gasteiger partial charge on any atom is 0.315 e. The highest BCUT2D eigenvalue weighted by Gasteiger charge is 2.18. The van der Waals surface area contributed by atoms with Gasteiger partial charge in [-0.25, -0.2) is 4.79 Å². The molecule has 0 aromatic carbocycles. The van der Waals surface area contributed by atoms with E-state index in [-0.39, 0.29) is 11.9 Å². The molecular weight excluding hydrogens is 318 g/mol. The normalized spacial score (nSPS) is 12.2. The van der Waals surface area contributed by atoms with Gasteiger partial charge in [-0.05, 0) is 26.7 Å². The van der Waals surface area contributed by atoms with Crippen molar-refractivity contribution in [2.75, 3.05) is 6.54 Å². The molecule has 25 heavy (non-hydrogen) atoms. The van der Waals surface area contributed by atoms with Crippen LogP contribution in [-0.4, -0.2) is 27.5 Å². The first kappa shape index (κ1) is 19.0. The summed E-state index contributed by atoms with van der Waals surface area (Å²) in [5.41, 5.74) is 5.28. The third-order valence-corrected chi connectivity index (χ3v) is 4.60. The van der Waals surface area contributed by atoms with Gasteiger partial charge in [0.1, 0.15) is 5.76 Å². The Labute approximate surface area is 149 Å². The molecule has 0 bridgehead atoms. The minimum Gasteiger partial charge on any atom is -0.361 e. The zero-order chi connectivity index (χ0) is 18.6. The van der Waals surface area contributed by atoms with Gasteiger partial charge in [0.25, 0.3) is 0 Å². The fourth-order valence-electron chi connectivity index (χ4n) is 3.37. The largest absolute Gasteiger partial charge is 0.361 e. The Balaban J connectivity index is 1.91. The molecule has 1 atom stereocenters. The molecule has 138 valence electrons. The van der Waals surface area contributed by atoms with Crippen LogP contribution in [0.25, 0.3) is 0 Å². The van der Waals surface area contributed by atoms with E-state index in [2.05, 4.69) is 41.7 Å². The molecule has 2 amide bonds. The summed E-state index contributed by atoms with van der Waals surface area (Å²) >= 11 is 0. The van der Waals surface area contributed by atoms with Crippen molar-refractivity contribution in [3.05, 3.63) is 34.0 Å². The molecule has 0 aliphatic carbocycles. The molecule has 0 saturated heterocycles. The number of aryl methyl sites for hydroxylation is 4. The van der Waals surface area contributed by atoms with Crippen molar-refractivity contribution >= 4 is 6.03 Å². The molecule has 0 saturated carbocycles. The minimum atomic E-state index is -0.174. The van der Waals surface area contributed by atoms with Crippen LogP contribution in [0.2, 0.25) is 0 Å². The smallest absolute Gasteiger partial charge is 0.315 e. The average Bonchev–Trinajstić information content (AvgIpc) is 3.08. The summed E-state index contributed by atoms with van der Waals surface area (Å²) in [6.07, 6.45) is 1.75. The SMILES string of the molecule is CCc1nn(C)c(CC)c1CNC(=O)NC[C@H](C)c1c(C)noc1C. The van der Waals surface area contributed by atoms with Gasteiger partial charge in [0.2, 0.25) is 0 Å². The van der Waals surface area contributed by atoms with Crippen LogP contribution in [0, 0.1) is 13.8 Å². The topological polar surface area (TPSA) is 85.0 Å². The molecular formula is C18H29N5O2. The highest BCUT2D eigenvalue weighted by Crippen LogP contribution is 2.22. The third kappa shape index (κ3) is 4.21. The van der Waals surface area contributed by atoms with Crippen molar-refractivity contribution < 1.29 is 9.32 Å². The van der Waals surface area contributed by atoms with Crippen molar-refractivity contribution in [1.82, 2.24) is 25.6 Å². The predicted molar refractivity (Wildman–Crippen MR) is 96.6 cm³/mol. The molecule has 0 unspecified atom stereocenters. The second-order valence-electron chi connectivity index (χ2n) is 6.41. The van der Waals surface area contributed by atoms with Gasteiger partial charge in [-0.1, -0.05) is 25.9 Å². The summed E-state index contributed by atoms with van der Waals surface area (Å²) < 4.78 is 7.10. The van der Waals surface area contributed by atoms with E-state index >= 15 is 0 Å². The molecule has 2 rings (SSSR count). The van der Waals surface area contributed by atoms with Crippen LogP contribution >= 0.6 is 0 Å². The maximum absolute atomic E-state index is 12.2. The van der Waals surface area contributed by atoms with Crippen LogP contribution in [0.5, 0.6) is 0 Å². The molecule has 0 aliphatic heterocycles. The number of carbonyl (C=O) groups is 1. The van der Waals surface area contributed by atoms with E-state index in [1.54, 1.807) is 0 Å². The van der Waals surface area contributed by atoms with Crippen molar-refractivity contribution in [2.24, 2.45) is 7.05 Å². The Kier molecular flexibility index (Phi) is 6.22. The van der Waals surface area contributed by atoms with Crippen molar-refractivity contribution in [2.45, 2.75) is 59.9 Å². The standard InChI is InChI=1S/C18H29N5O2/c1-7-15-14(16(8-2)23(6)21-15)10-20-18(24)19-9-11(3)17-12(4)22-25-13(17)5/h11H,7-10H2,1-6H3,(H2,19,20,24)/t11-/m0/s1. The second-order valence-corrected chi connectivity index (χ2v) is 6.41. The number of nitrogens with one attached hydrogen (secondary N) is 2. The van der Waals surface area contributed by atoms with Gasteiger partial charge in [0.15, 0.2) is 0 Å². The number of rotatable bonds is 7. The Bertz CT molecular complexity index is 713. The van der Waals surface area contributed by atoms with Crippen LogP contribution in [0.1, 0.15) is 60.7 Å². The van der Waals surface area contributed by atoms with Gasteiger partial charge in [0, 0.05) is 42.9 Å². The first-order valence-electron chi connectivity index (χ1n) is 8.87. The third-order valence-electron chi connectivity index (χ3n) is 4.60. The lowest BCUT2D eigenvalue weighted by atomic mass is 10.00. The Morgan fingerprint density at radius 3 is 2.52 bits per heavy atom. The van der Waals surface area contributed by atoms with Crippen LogP contribution in [-0.2, 0) is 26.4 Å². The summed E-state index contributed by atoms with van der Waals surface area (Å²) in [4.78, 5) is 12.2. The van der Waals surface area contributed by atoms with Crippen molar-refractivity contribution in [3.63, 3.8) is 0 Å². The number of amides is 2. The first-order chi connectivity index (χ1) is 11.9. The van der Waals surface area contributed by atoms with E-state index in [1.165, 1.54) is 5.69 Å². The van der Waals surface area contributed by atoms with Gasteiger partial charge in [0.05, 0.1) is 11.4 Å². The van der Waals surface area contributed by atoms with Gasteiger partial charge in [-0.15, -0.1) is 0 Å². The molecule has 0 aliphatic rings. The van der Waals surface area contributed by atoms with E-state index in [9.17, 15) is 4.79 Å². The van der Waals surface area contributed by atoms with Gasteiger partial charge in [-0.2, -0.15) is 5.10 Å². The summed E-state index contributed by atoms with van der Waals surface area (Å²) in [7, 11) is 1.95. The van der Waals surface area contributed by atoms with Crippen molar-refractivity contribution in [1.29, 1.82) is 0 Å². The van der Waals surface area contributed by atoms with E-state index < -0.39 is 0 Å². The van der Waals surface area contributed by atoms with Crippen LogP contribution < -0.4 is 10.6 Å². The number of carbonyl (C=O) groups excluding carboxylic acids is 1. The zero-order valence-corrected chi connectivity index (χ0v) is 16.1. The summed E-state index contributed by atoms with van der Waals surface area (Å²) in [5.74, 6) is 0.954. The number of urea groups is 1. The lowest BCUT2D eigenvalue weighted by Gasteiger charge is -2.13. The Hall–Kier alpha value is -2.31. The first-order valence-corrected chi connectivity index (χ1v) is 8.87. The molecule has 0 spiro atoms. The quantitative estimate of drug-likeness (QED) is 0.806. The predicted octanol–water partition coefficient (Wildman–Crippen LogP) is 2.75. The average molecular weight is 347 g/mol. The number of aromatic nitrogens is 3. The number of nitrogens with zero attached hydrogens (tertiary/aromatic N) is 3. The fourth-order valence-corrected chi connectivity index (χ4v) is 3.37. The maximum atomic E-state index is 12.2. The molecule has 0 radical (unpaired) electrons. The monoisotopic (exact) mass is 347 g/mol. The molecule has 2 aromatic heterocycles. The van der Waals surface area contributed by atoms with Crippen molar-refractivity contribution in [3.8, 4) is 0 Å². The second kappa shape index (κ2) is 8.18. The molecule has 7 heteroatoms. The number of hydrogen-bond donors (Lipinski definition) is 2. The van der Waals surface area contributed by atoms with Gasteiger partial charge >= 0.3 is 6.03 Å². The fraction of sp³-hybridized carbons (Fsp3) is 0.611. The van der Waals surface area contributed by atoms with Crippen LogP contribution in [0.3, 0.4) is 0 Å². The van der Waals surface area contributed by atoms with E-state index in [0.717, 1.165) is 41.1 Å². The highest BCUT2D eigenvalue weighted by molar-refractivity contribution is 5.74. The minimum absolute atomic E-state index is 0.146. The molecule has 0 fully saturated rings. The van der Waals surface area contributed by atoms with E-state index in [4.69, 9.17) is 4.52 Å². The Morgan fingerprint density at radius 2 is 1.96 bits per heavy atom. The molecule has 2 N–H and O–H groups in total. The van der Waals surface area contributed by atoms with Gasteiger partial charge < -0.3 is 15.2 Å². The van der Waals surface area contributed by atoms with Crippen LogP contribution in [0.15, 0.2) is 4.52 Å². The van der Waals surface area contributed by atoms with Crippen LogP contribution in [0.4, 0.5) is 4.79 Å². The van der Waals surface area contributed by atoms with E-state index in [1.807, 2.05) is 25.6 Å². The summed E-state index contributed by atoms with van der Waals surface area (Å²) in [6, 6.07) is -0.174.